The highest BCUT2D eigenvalue weighted by atomic mass is 35.5. The van der Waals surface area contributed by atoms with Gasteiger partial charge in [-0.3, -0.25) is 9.59 Å². The summed E-state index contributed by atoms with van der Waals surface area (Å²) in [6.07, 6.45) is -0.975. The lowest BCUT2D eigenvalue weighted by Gasteiger charge is -1.93. The lowest BCUT2D eigenvalue weighted by Crippen LogP contribution is -2.07. The number of ether oxygens (including phenoxy) is 2. The van der Waals surface area contributed by atoms with Gasteiger partial charge in [-0.2, -0.15) is 0 Å². The van der Waals surface area contributed by atoms with Gasteiger partial charge in [0.15, 0.2) is 0 Å². The second-order valence-electron chi connectivity index (χ2n) is 1.52. The maximum atomic E-state index is 9.96. The number of esters is 1. The average molecular weight is 213 g/mol. The van der Waals surface area contributed by atoms with E-state index in [0.717, 1.165) is 14.0 Å². The van der Waals surface area contributed by atoms with Crippen LogP contribution in [-0.4, -0.2) is 24.5 Å². The van der Waals surface area contributed by atoms with Crippen LogP contribution in [0.1, 0.15) is 21.3 Å². The molecule has 0 radical (unpaired) electrons. The molecule has 13 heavy (non-hydrogen) atoms. The van der Waals surface area contributed by atoms with Gasteiger partial charge in [0.25, 0.3) is 0 Å². The predicted molar refractivity (Wildman–Crippen MR) is 47.4 cm³/mol. The molecule has 0 saturated carbocycles. The minimum Gasteiger partial charge on any atom is -0.437 e. The normalized spacial score (nSPS) is 6.77. The SMILES string of the molecule is C.CC(=O)Cl.COC(=O)OC(C)=O. The molecule has 0 atom stereocenters. The molecule has 0 aromatic heterocycles. The standard InChI is InChI=1S/C4H6O4.C2H3ClO.CH4/c1-3(5)8-4(6)7-2;1-2(3)4;/h1-2H3;1H3;1H4. The average Bonchev–Trinajstić information content (AvgIpc) is 1.84. The van der Waals surface area contributed by atoms with E-state index in [4.69, 9.17) is 0 Å². The summed E-state index contributed by atoms with van der Waals surface area (Å²) in [6, 6.07) is 0. The minimum absolute atomic E-state index is 0. The highest BCUT2D eigenvalue weighted by Crippen LogP contribution is 1.80. The fourth-order valence-electron chi connectivity index (χ4n) is 0.159. The van der Waals surface area contributed by atoms with Crippen molar-refractivity contribution in [2.24, 2.45) is 0 Å². The highest BCUT2D eigenvalue weighted by molar-refractivity contribution is 6.62. The number of methoxy groups -OCH3 is 1. The summed E-state index contributed by atoms with van der Waals surface area (Å²) >= 11 is 4.64. The lowest BCUT2D eigenvalue weighted by atomic mass is 10.8. The Labute approximate surface area is 82.0 Å². The van der Waals surface area contributed by atoms with Crippen LogP contribution in [0, 0.1) is 0 Å². The fraction of sp³-hybridized carbons (Fsp3) is 0.571. The van der Waals surface area contributed by atoms with Crippen molar-refractivity contribution in [3.05, 3.63) is 0 Å². The van der Waals surface area contributed by atoms with Gasteiger partial charge in [0.2, 0.25) is 5.24 Å². The molecule has 0 unspecified atom stereocenters. The summed E-state index contributed by atoms with van der Waals surface area (Å²) in [6.45, 7) is 2.42. The van der Waals surface area contributed by atoms with Crippen LogP contribution in [0.2, 0.25) is 0 Å². The lowest BCUT2D eigenvalue weighted by molar-refractivity contribution is -0.136. The molecule has 0 aliphatic heterocycles. The van der Waals surface area contributed by atoms with E-state index in [1.54, 1.807) is 0 Å². The van der Waals surface area contributed by atoms with Crippen molar-refractivity contribution in [3.63, 3.8) is 0 Å². The van der Waals surface area contributed by atoms with Gasteiger partial charge in [-0.1, -0.05) is 7.43 Å². The molecule has 0 aromatic rings. The van der Waals surface area contributed by atoms with Crippen molar-refractivity contribution in [3.8, 4) is 0 Å². The Morgan fingerprint density at radius 3 is 1.54 bits per heavy atom. The van der Waals surface area contributed by atoms with E-state index in [0.29, 0.717) is 0 Å². The Balaban J connectivity index is -0.000000173. The van der Waals surface area contributed by atoms with Gasteiger partial charge in [-0.15, -0.1) is 0 Å². The molecule has 0 heterocycles. The summed E-state index contributed by atoms with van der Waals surface area (Å²) in [4.78, 5) is 29.1. The van der Waals surface area contributed by atoms with Gasteiger partial charge in [-0.05, 0) is 11.6 Å². The summed E-state index contributed by atoms with van der Waals surface area (Å²) < 4.78 is 7.88. The quantitative estimate of drug-likeness (QED) is 0.347. The maximum absolute atomic E-state index is 9.96. The van der Waals surface area contributed by atoms with Crippen LogP contribution in [0.3, 0.4) is 0 Å². The Kier molecular flexibility index (Phi) is 15.0. The maximum Gasteiger partial charge on any atom is 0.515 e. The predicted octanol–water partition coefficient (Wildman–Crippen LogP) is 1.72. The van der Waals surface area contributed by atoms with Crippen molar-refractivity contribution in [2.75, 3.05) is 7.11 Å². The van der Waals surface area contributed by atoms with E-state index < -0.39 is 12.1 Å². The van der Waals surface area contributed by atoms with Crippen LogP contribution in [0.15, 0.2) is 0 Å². The molecule has 0 rings (SSSR count). The van der Waals surface area contributed by atoms with Crippen LogP contribution in [0.5, 0.6) is 0 Å². The van der Waals surface area contributed by atoms with E-state index in [-0.39, 0.29) is 12.7 Å². The molecule has 0 bridgehead atoms. The van der Waals surface area contributed by atoms with E-state index in [2.05, 4.69) is 21.1 Å². The molecular formula is C7H13ClO5. The van der Waals surface area contributed by atoms with Crippen LogP contribution >= 0.6 is 11.6 Å². The van der Waals surface area contributed by atoms with Gasteiger partial charge < -0.3 is 9.47 Å². The second kappa shape index (κ2) is 10.9. The van der Waals surface area contributed by atoms with Gasteiger partial charge >= 0.3 is 12.1 Å². The van der Waals surface area contributed by atoms with Gasteiger partial charge in [0.1, 0.15) is 0 Å². The molecule has 6 heteroatoms. The molecule has 0 aliphatic carbocycles. The van der Waals surface area contributed by atoms with Gasteiger partial charge in [0.05, 0.1) is 7.11 Å². The van der Waals surface area contributed by atoms with E-state index in [1.165, 1.54) is 6.92 Å². The van der Waals surface area contributed by atoms with Crippen molar-refractivity contribution in [1.29, 1.82) is 0 Å². The van der Waals surface area contributed by atoms with Crippen LogP contribution in [0.25, 0.3) is 0 Å². The molecule has 0 N–H and O–H groups in total. The van der Waals surface area contributed by atoms with Crippen LogP contribution < -0.4 is 0 Å². The van der Waals surface area contributed by atoms with E-state index in [1.807, 2.05) is 0 Å². The molecule has 0 spiro atoms. The number of hydrogen-bond acceptors (Lipinski definition) is 5. The van der Waals surface area contributed by atoms with E-state index >= 15 is 0 Å². The largest absolute Gasteiger partial charge is 0.515 e. The minimum atomic E-state index is -0.975. The molecule has 0 saturated heterocycles. The molecule has 0 aliphatic rings. The van der Waals surface area contributed by atoms with E-state index in [9.17, 15) is 14.4 Å². The number of halogens is 1. The molecule has 78 valence electrons. The summed E-state index contributed by atoms with van der Waals surface area (Å²) in [5, 5.41) is -0.361. The smallest absolute Gasteiger partial charge is 0.437 e. The van der Waals surface area contributed by atoms with Crippen molar-refractivity contribution >= 4 is 29.0 Å². The third kappa shape index (κ3) is 36.0. The van der Waals surface area contributed by atoms with Crippen LogP contribution in [0.4, 0.5) is 4.79 Å². The number of hydrogen-bond donors (Lipinski definition) is 0. The molecule has 0 fully saturated rings. The van der Waals surface area contributed by atoms with Crippen molar-refractivity contribution in [1.82, 2.24) is 0 Å². The third-order valence-corrected chi connectivity index (χ3v) is 0.394. The zero-order valence-electron chi connectivity index (χ0n) is 6.92. The monoisotopic (exact) mass is 212 g/mol. The summed E-state index contributed by atoms with van der Waals surface area (Å²) in [5.41, 5.74) is 0. The Hall–Kier alpha value is -1.10. The Morgan fingerprint density at radius 2 is 1.46 bits per heavy atom. The van der Waals surface area contributed by atoms with Gasteiger partial charge in [-0.25, -0.2) is 4.79 Å². The zero-order valence-corrected chi connectivity index (χ0v) is 7.68. The molecular weight excluding hydrogens is 200 g/mol. The zero-order chi connectivity index (χ0) is 10.1. The number of rotatable bonds is 0. The van der Waals surface area contributed by atoms with Crippen LogP contribution in [-0.2, 0) is 19.1 Å². The molecule has 0 aromatic carbocycles. The Bertz CT molecular complexity index is 174. The topological polar surface area (TPSA) is 69.7 Å². The second-order valence-corrected chi connectivity index (χ2v) is 2.05. The number of carbonyl (C=O) groups excluding carboxylic acids is 3. The van der Waals surface area contributed by atoms with Gasteiger partial charge in [0, 0.05) is 13.8 Å². The first kappa shape index (κ1) is 17.8. The first-order valence-corrected chi connectivity index (χ1v) is 3.20. The number of carbonyl (C=O) groups is 3. The van der Waals surface area contributed by atoms with Crippen molar-refractivity contribution in [2.45, 2.75) is 21.3 Å². The first-order chi connectivity index (χ1) is 5.40. The fourth-order valence-corrected chi connectivity index (χ4v) is 0.159. The van der Waals surface area contributed by atoms with Crippen molar-refractivity contribution < 1.29 is 23.9 Å². The first-order valence-electron chi connectivity index (χ1n) is 2.82. The summed E-state index contributed by atoms with van der Waals surface area (Å²) in [5.74, 6) is -0.670. The Morgan fingerprint density at radius 1 is 1.15 bits per heavy atom. The molecule has 0 amide bonds. The third-order valence-electron chi connectivity index (χ3n) is 0.394. The molecule has 5 nitrogen and oxygen atoms in total. The summed E-state index contributed by atoms with van der Waals surface area (Å²) in [7, 11) is 1.13. The highest BCUT2D eigenvalue weighted by Gasteiger charge is 2.01.